The zero-order valence-electron chi connectivity index (χ0n) is 12.2. The maximum atomic E-state index is 13.0. The maximum Gasteiger partial charge on any atom is 0.308 e. The van der Waals surface area contributed by atoms with Gasteiger partial charge in [0.05, 0.1) is 11.2 Å². The fraction of sp³-hybridized carbons (Fsp3) is 0.533. The van der Waals surface area contributed by atoms with Crippen LogP contribution in [0.3, 0.4) is 0 Å². The first-order valence-electron chi connectivity index (χ1n) is 7.37. The van der Waals surface area contributed by atoms with Crippen LogP contribution in [0.2, 0.25) is 0 Å². The van der Waals surface area contributed by atoms with Crippen molar-refractivity contribution >= 4 is 16.0 Å². The molecule has 1 saturated heterocycles. The smallest absolute Gasteiger partial charge is 0.308 e. The molecule has 0 spiro atoms. The van der Waals surface area contributed by atoms with Crippen LogP contribution in [0.25, 0.3) is 0 Å². The first kappa shape index (κ1) is 16.3. The van der Waals surface area contributed by atoms with Crippen LogP contribution in [-0.2, 0) is 14.8 Å². The van der Waals surface area contributed by atoms with E-state index in [2.05, 4.69) is 0 Å². The van der Waals surface area contributed by atoms with Crippen molar-refractivity contribution in [1.29, 1.82) is 0 Å². The molecule has 1 N–H and O–H groups in total. The molecule has 3 rings (SSSR count). The quantitative estimate of drug-likeness (QED) is 0.883. The Hall–Kier alpha value is -1.54. The van der Waals surface area contributed by atoms with Gasteiger partial charge >= 0.3 is 5.97 Å². The lowest BCUT2D eigenvalue weighted by atomic mass is 9.97. The summed E-state index contributed by atoms with van der Waals surface area (Å²) in [5.41, 5.74) is 0.903. The number of hydrogen-bond donors (Lipinski definition) is 1. The summed E-state index contributed by atoms with van der Waals surface area (Å²) in [6.45, 7) is -0.792. The zero-order chi connectivity index (χ0) is 16.8. The monoisotopic (exact) mass is 345 g/mol. The van der Waals surface area contributed by atoms with Crippen LogP contribution >= 0.6 is 0 Å². The predicted octanol–water partition coefficient (Wildman–Crippen LogP) is 1.77. The lowest BCUT2D eigenvalue weighted by molar-refractivity contribution is -0.144. The number of nitrogens with zero attached hydrogens (tertiary/aromatic N) is 1. The number of hydrogen-bond acceptors (Lipinski definition) is 3. The predicted molar refractivity (Wildman–Crippen MR) is 78.7 cm³/mol. The number of sulfonamides is 1. The average molecular weight is 345 g/mol. The third-order valence-electron chi connectivity index (χ3n) is 4.67. The van der Waals surface area contributed by atoms with Gasteiger partial charge in [0.1, 0.15) is 0 Å². The van der Waals surface area contributed by atoms with Gasteiger partial charge in [0.2, 0.25) is 16.4 Å². The summed E-state index contributed by atoms with van der Waals surface area (Å²) in [4.78, 5) is 11.1. The molecule has 2 aliphatic rings. The fourth-order valence-corrected chi connectivity index (χ4v) is 5.41. The first-order chi connectivity index (χ1) is 10.8. The molecule has 0 amide bonds. The number of alkyl halides is 2. The van der Waals surface area contributed by atoms with E-state index >= 15 is 0 Å². The van der Waals surface area contributed by atoms with Gasteiger partial charge in [-0.25, -0.2) is 21.5 Å². The Labute approximate surface area is 133 Å². The second-order valence-corrected chi connectivity index (χ2v) is 8.25. The molecule has 1 aliphatic carbocycles. The minimum Gasteiger partial charge on any atom is -0.481 e. The molecule has 1 heterocycles. The van der Waals surface area contributed by atoms with Crippen LogP contribution in [0.4, 0.5) is 8.78 Å². The molecule has 2 fully saturated rings. The molecule has 4 atom stereocenters. The topological polar surface area (TPSA) is 74.7 Å². The van der Waals surface area contributed by atoms with Gasteiger partial charge in [0.15, 0.2) is 0 Å². The standard InChI is InChI=1S/C15H17F2NO4S/c16-14(17)11-7-18(8-12(11)15(19)20)23(21,22)13-6-10(13)9-4-2-1-3-5-9/h1-5,10-14H,6-8H2,(H,19,20)/t10?,11-,12-,13?/m1/s1. The summed E-state index contributed by atoms with van der Waals surface area (Å²) in [6.07, 6.45) is -2.40. The van der Waals surface area contributed by atoms with Crippen LogP contribution < -0.4 is 0 Å². The largest absolute Gasteiger partial charge is 0.481 e. The highest BCUT2D eigenvalue weighted by Crippen LogP contribution is 2.48. The van der Waals surface area contributed by atoms with E-state index in [0.29, 0.717) is 6.42 Å². The molecular weight excluding hydrogens is 328 g/mol. The van der Waals surface area contributed by atoms with Gasteiger partial charge in [0, 0.05) is 24.9 Å². The number of aliphatic carboxylic acids is 1. The van der Waals surface area contributed by atoms with Crippen LogP contribution in [-0.4, -0.2) is 48.6 Å². The SMILES string of the molecule is O=C(O)[C@@H]1CN(S(=O)(=O)C2CC2c2ccccc2)C[C@H]1C(F)F. The number of carboxylic acid groups (broad SMARTS) is 1. The Bertz CT molecular complexity index is 695. The molecule has 23 heavy (non-hydrogen) atoms. The third-order valence-corrected chi connectivity index (χ3v) is 6.98. The summed E-state index contributed by atoms with van der Waals surface area (Å²) in [7, 11) is -3.76. The number of carboxylic acids is 1. The Morgan fingerprint density at radius 1 is 1.22 bits per heavy atom. The molecule has 126 valence electrons. The number of rotatable bonds is 5. The van der Waals surface area contributed by atoms with E-state index in [1.54, 1.807) is 0 Å². The van der Waals surface area contributed by atoms with Crippen LogP contribution in [0.15, 0.2) is 30.3 Å². The molecule has 1 saturated carbocycles. The Morgan fingerprint density at radius 3 is 2.39 bits per heavy atom. The Morgan fingerprint density at radius 2 is 1.87 bits per heavy atom. The van der Waals surface area contributed by atoms with Gasteiger partial charge in [-0.3, -0.25) is 4.79 Å². The molecular formula is C15H17F2NO4S. The van der Waals surface area contributed by atoms with Gasteiger partial charge in [-0.1, -0.05) is 30.3 Å². The van der Waals surface area contributed by atoms with Crippen molar-refractivity contribution in [3.05, 3.63) is 35.9 Å². The molecule has 1 aromatic carbocycles. The van der Waals surface area contributed by atoms with E-state index in [1.165, 1.54) is 0 Å². The fourth-order valence-electron chi connectivity index (χ4n) is 3.26. The second-order valence-electron chi connectivity index (χ2n) is 6.10. The maximum absolute atomic E-state index is 13.0. The van der Waals surface area contributed by atoms with Gasteiger partial charge in [0.25, 0.3) is 0 Å². The van der Waals surface area contributed by atoms with Crippen molar-refractivity contribution in [2.24, 2.45) is 11.8 Å². The first-order valence-corrected chi connectivity index (χ1v) is 8.87. The number of carbonyl (C=O) groups is 1. The van der Waals surface area contributed by atoms with Crippen molar-refractivity contribution in [1.82, 2.24) is 4.31 Å². The molecule has 2 unspecified atom stereocenters. The summed E-state index contributed by atoms with van der Waals surface area (Å²) >= 11 is 0. The molecule has 5 nitrogen and oxygen atoms in total. The highest BCUT2D eigenvalue weighted by molar-refractivity contribution is 7.90. The van der Waals surface area contributed by atoms with Gasteiger partial charge < -0.3 is 5.11 Å². The van der Waals surface area contributed by atoms with Crippen LogP contribution in [0.5, 0.6) is 0 Å². The summed E-state index contributed by atoms with van der Waals surface area (Å²) in [5, 5.41) is 8.40. The summed E-state index contributed by atoms with van der Waals surface area (Å²) in [6, 6.07) is 9.15. The van der Waals surface area contributed by atoms with Gasteiger partial charge in [-0.05, 0) is 12.0 Å². The highest BCUT2D eigenvalue weighted by Gasteiger charge is 2.54. The van der Waals surface area contributed by atoms with E-state index in [1.807, 2.05) is 30.3 Å². The Kier molecular flexibility index (Phi) is 4.14. The zero-order valence-corrected chi connectivity index (χ0v) is 13.0. The van der Waals surface area contributed by atoms with Crippen LogP contribution in [0, 0.1) is 11.8 Å². The van der Waals surface area contributed by atoms with Gasteiger partial charge in [-0.15, -0.1) is 0 Å². The second kappa shape index (κ2) is 5.83. The highest BCUT2D eigenvalue weighted by atomic mass is 32.2. The lowest BCUT2D eigenvalue weighted by Gasteiger charge is -2.16. The van der Waals surface area contributed by atoms with Crippen LogP contribution in [0.1, 0.15) is 17.9 Å². The molecule has 0 radical (unpaired) electrons. The van der Waals surface area contributed by atoms with Gasteiger partial charge in [-0.2, -0.15) is 0 Å². The molecule has 0 bridgehead atoms. The molecule has 1 aliphatic heterocycles. The van der Waals surface area contributed by atoms with Crippen molar-refractivity contribution in [2.45, 2.75) is 24.0 Å². The number of benzene rings is 1. The Balaban J connectivity index is 1.76. The van der Waals surface area contributed by atoms with E-state index in [0.717, 1.165) is 9.87 Å². The van der Waals surface area contributed by atoms with Crippen molar-refractivity contribution in [2.75, 3.05) is 13.1 Å². The van der Waals surface area contributed by atoms with Crippen molar-refractivity contribution in [3.8, 4) is 0 Å². The molecule has 1 aromatic rings. The van der Waals surface area contributed by atoms with Crippen molar-refractivity contribution in [3.63, 3.8) is 0 Å². The summed E-state index contributed by atoms with van der Waals surface area (Å²) < 4.78 is 52.1. The summed E-state index contributed by atoms with van der Waals surface area (Å²) in [5.74, 6) is -4.31. The molecule has 0 aromatic heterocycles. The lowest BCUT2D eigenvalue weighted by Crippen LogP contribution is -2.33. The minimum atomic E-state index is -3.76. The minimum absolute atomic E-state index is 0.143. The average Bonchev–Trinajstić information content (AvgIpc) is 3.18. The van der Waals surface area contributed by atoms with E-state index < -0.39 is 46.0 Å². The van der Waals surface area contributed by atoms with E-state index in [-0.39, 0.29) is 12.5 Å². The molecule has 8 heteroatoms. The van der Waals surface area contributed by atoms with E-state index in [9.17, 15) is 22.0 Å². The van der Waals surface area contributed by atoms with E-state index in [4.69, 9.17) is 5.11 Å². The normalized spacial score (nSPS) is 31.4. The number of halogens is 2. The third kappa shape index (κ3) is 2.97. The van der Waals surface area contributed by atoms with Crippen molar-refractivity contribution < 1.29 is 27.1 Å².